The first-order valence-corrected chi connectivity index (χ1v) is 5.42. The highest BCUT2D eigenvalue weighted by Crippen LogP contribution is 2.41. The molecule has 2 N–H and O–H groups in total. The van der Waals surface area contributed by atoms with Crippen molar-refractivity contribution in [3.05, 3.63) is 11.6 Å². The molecule has 0 spiro atoms. The van der Waals surface area contributed by atoms with Crippen LogP contribution in [0.25, 0.3) is 0 Å². The molecule has 1 atom stereocenters. The van der Waals surface area contributed by atoms with Crippen molar-refractivity contribution in [2.45, 2.75) is 13.3 Å². The SMILES string of the molecule is COP(=O)(O)CC/C=C(\C)CO. The lowest BCUT2D eigenvalue weighted by atomic mass is 10.3. The average molecular weight is 194 g/mol. The molecule has 0 aromatic rings. The van der Waals surface area contributed by atoms with Gasteiger partial charge in [0.2, 0.25) is 0 Å². The van der Waals surface area contributed by atoms with Gasteiger partial charge in [0.25, 0.3) is 0 Å². The molecule has 72 valence electrons. The maximum absolute atomic E-state index is 10.9. The van der Waals surface area contributed by atoms with Crippen LogP contribution in [0, 0.1) is 0 Å². The van der Waals surface area contributed by atoms with E-state index in [0.717, 1.165) is 5.57 Å². The Morgan fingerprint density at radius 2 is 2.25 bits per heavy atom. The molecule has 5 heteroatoms. The molecular weight excluding hydrogens is 179 g/mol. The number of rotatable bonds is 5. The van der Waals surface area contributed by atoms with Crippen LogP contribution in [0.1, 0.15) is 13.3 Å². The van der Waals surface area contributed by atoms with Crippen LogP contribution in [-0.4, -0.2) is 29.9 Å². The largest absolute Gasteiger partial charge is 0.392 e. The third-order valence-electron chi connectivity index (χ3n) is 1.44. The van der Waals surface area contributed by atoms with E-state index in [0.29, 0.717) is 6.42 Å². The summed E-state index contributed by atoms with van der Waals surface area (Å²) in [6.45, 7) is 1.75. The number of aliphatic hydroxyl groups is 1. The zero-order valence-corrected chi connectivity index (χ0v) is 8.25. The molecular formula is C7H15O4P. The lowest BCUT2D eigenvalue weighted by molar-refractivity contribution is 0.315. The number of hydrogen-bond acceptors (Lipinski definition) is 3. The first-order chi connectivity index (χ1) is 5.52. The molecule has 0 bridgehead atoms. The van der Waals surface area contributed by atoms with Crippen LogP contribution < -0.4 is 0 Å². The fourth-order valence-electron chi connectivity index (χ4n) is 0.630. The minimum atomic E-state index is -3.37. The summed E-state index contributed by atoms with van der Waals surface area (Å²) < 4.78 is 15.3. The Hall–Kier alpha value is -0.150. The van der Waals surface area contributed by atoms with Crippen molar-refractivity contribution in [3.8, 4) is 0 Å². The van der Waals surface area contributed by atoms with Crippen molar-refractivity contribution in [3.63, 3.8) is 0 Å². The molecule has 0 saturated carbocycles. The number of aliphatic hydroxyl groups excluding tert-OH is 1. The number of hydrogen-bond donors (Lipinski definition) is 2. The van der Waals surface area contributed by atoms with Crippen LogP contribution in [0.2, 0.25) is 0 Å². The smallest absolute Gasteiger partial charge is 0.328 e. The van der Waals surface area contributed by atoms with Crippen molar-refractivity contribution >= 4 is 7.60 Å². The van der Waals surface area contributed by atoms with Crippen molar-refractivity contribution in [2.75, 3.05) is 19.9 Å². The van der Waals surface area contributed by atoms with E-state index in [1.54, 1.807) is 13.0 Å². The van der Waals surface area contributed by atoms with Gasteiger partial charge in [-0.15, -0.1) is 0 Å². The first kappa shape index (κ1) is 11.8. The first-order valence-electron chi connectivity index (χ1n) is 3.66. The Morgan fingerprint density at radius 3 is 2.67 bits per heavy atom. The third kappa shape index (κ3) is 5.49. The van der Waals surface area contributed by atoms with Gasteiger partial charge in [0.15, 0.2) is 0 Å². The van der Waals surface area contributed by atoms with Gasteiger partial charge in [0, 0.05) is 7.11 Å². The summed E-state index contributed by atoms with van der Waals surface area (Å²) in [6.07, 6.45) is 2.27. The van der Waals surface area contributed by atoms with E-state index >= 15 is 0 Å². The Morgan fingerprint density at radius 1 is 1.67 bits per heavy atom. The van der Waals surface area contributed by atoms with E-state index < -0.39 is 7.60 Å². The summed E-state index contributed by atoms with van der Waals surface area (Å²) in [5.74, 6) is 0. The van der Waals surface area contributed by atoms with E-state index in [1.165, 1.54) is 7.11 Å². The maximum Gasteiger partial charge on any atom is 0.328 e. The summed E-state index contributed by atoms with van der Waals surface area (Å²) in [5.41, 5.74) is 0.797. The quantitative estimate of drug-likeness (QED) is 0.508. The molecule has 0 saturated heterocycles. The lowest BCUT2D eigenvalue weighted by Crippen LogP contribution is -1.91. The van der Waals surface area contributed by atoms with Crippen LogP contribution in [0.3, 0.4) is 0 Å². The second-order valence-corrected chi connectivity index (χ2v) is 4.63. The van der Waals surface area contributed by atoms with Gasteiger partial charge >= 0.3 is 7.60 Å². The van der Waals surface area contributed by atoms with E-state index in [-0.39, 0.29) is 12.8 Å². The fourth-order valence-corrected chi connectivity index (χ4v) is 1.27. The summed E-state index contributed by atoms with van der Waals surface area (Å²) in [4.78, 5) is 8.95. The molecule has 0 aliphatic heterocycles. The molecule has 0 amide bonds. The molecule has 0 aliphatic carbocycles. The highest BCUT2D eigenvalue weighted by Gasteiger charge is 2.14. The Labute approximate surface area is 72.4 Å². The van der Waals surface area contributed by atoms with Gasteiger partial charge in [-0.2, -0.15) is 0 Å². The topological polar surface area (TPSA) is 66.8 Å². The Bertz CT molecular complexity index is 200. The predicted octanol–water partition coefficient (Wildman–Crippen LogP) is 1.15. The molecule has 0 aromatic carbocycles. The Balaban J connectivity index is 3.77. The molecule has 0 rings (SSSR count). The maximum atomic E-state index is 10.9. The zero-order chi connectivity index (χ0) is 9.61. The minimum absolute atomic E-state index is 0.0112. The third-order valence-corrected chi connectivity index (χ3v) is 2.83. The van der Waals surface area contributed by atoms with Gasteiger partial charge in [0.1, 0.15) is 0 Å². The van der Waals surface area contributed by atoms with Gasteiger partial charge in [-0.1, -0.05) is 11.6 Å². The second-order valence-electron chi connectivity index (χ2n) is 2.54. The molecule has 12 heavy (non-hydrogen) atoms. The molecule has 0 aromatic heterocycles. The highest BCUT2D eigenvalue weighted by atomic mass is 31.2. The van der Waals surface area contributed by atoms with Crippen LogP contribution >= 0.6 is 7.60 Å². The monoisotopic (exact) mass is 194 g/mol. The van der Waals surface area contributed by atoms with Crippen molar-refractivity contribution in [1.82, 2.24) is 0 Å². The molecule has 0 fully saturated rings. The van der Waals surface area contributed by atoms with Gasteiger partial charge in [-0.05, 0) is 13.3 Å². The minimum Gasteiger partial charge on any atom is -0.392 e. The zero-order valence-electron chi connectivity index (χ0n) is 7.36. The van der Waals surface area contributed by atoms with Crippen LogP contribution in [0.4, 0.5) is 0 Å². The summed E-state index contributed by atoms with van der Waals surface area (Å²) in [7, 11) is -2.15. The van der Waals surface area contributed by atoms with Crippen LogP contribution in [0.5, 0.6) is 0 Å². The lowest BCUT2D eigenvalue weighted by Gasteiger charge is -2.06. The van der Waals surface area contributed by atoms with E-state index in [2.05, 4.69) is 4.52 Å². The van der Waals surface area contributed by atoms with Crippen molar-refractivity contribution < 1.29 is 19.1 Å². The van der Waals surface area contributed by atoms with Crippen LogP contribution in [-0.2, 0) is 9.09 Å². The van der Waals surface area contributed by atoms with Crippen molar-refractivity contribution in [1.29, 1.82) is 0 Å². The van der Waals surface area contributed by atoms with E-state index in [9.17, 15) is 4.57 Å². The molecule has 0 aliphatic rings. The molecule has 0 radical (unpaired) electrons. The molecule has 1 unspecified atom stereocenters. The average Bonchev–Trinajstić information content (AvgIpc) is 2.04. The summed E-state index contributed by atoms with van der Waals surface area (Å²) in [6, 6.07) is 0. The summed E-state index contributed by atoms with van der Waals surface area (Å²) in [5, 5.41) is 8.59. The van der Waals surface area contributed by atoms with Gasteiger partial charge < -0.3 is 14.5 Å². The predicted molar refractivity (Wildman–Crippen MR) is 47.2 cm³/mol. The standard InChI is InChI=1S/C7H15O4P/c1-7(6-8)4-3-5-12(9,10)11-2/h4,8H,3,5-6H2,1-2H3,(H,9,10)/b7-4+. The fraction of sp³-hybridized carbons (Fsp3) is 0.714. The Kier molecular flexibility index (Phi) is 5.42. The normalized spacial score (nSPS) is 17.5. The summed E-state index contributed by atoms with van der Waals surface area (Å²) >= 11 is 0. The number of allylic oxidation sites excluding steroid dienone is 1. The highest BCUT2D eigenvalue weighted by molar-refractivity contribution is 7.52. The van der Waals surface area contributed by atoms with Gasteiger partial charge in [-0.25, -0.2) is 0 Å². The van der Waals surface area contributed by atoms with E-state index in [4.69, 9.17) is 10.00 Å². The molecule has 4 nitrogen and oxygen atoms in total. The van der Waals surface area contributed by atoms with Gasteiger partial charge in [0.05, 0.1) is 12.8 Å². The van der Waals surface area contributed by atoms with Crippen molar-refractivity contribution in [2.24, 2.45) is 0 Å². The van der Waals surface area contributed by atoms with Crippen LogP contribution in [0.15, 0.2) is 11.6 Å². The van der Waals surface area contributed by atoms with E-state index in [1.807, 2.05) is 0 Å². The molecule has 0 heterocycles. The second kappa shape index (κ2) is 5.49. The van der Waals surface area contributed by atoms with Gasteiger partial charge in [-0.3, -0.25) is 4.57 Å².